The van der Waals surface area contributed by atoms with E-state index < -0.39 is 0 Å². The van der Waals surface area contributed by atoms with Gasteiger partial charge in [-0.25, -0.2) is 4.98 Å². The van der Waals surface area contributed by atoms with Gasteiger partial charge in [0.1, 0.15) is 4.60 Å². The van der Waals surface area contributed by atoms with Crippen LogP contribution in [0.4, 0.5) is 5.69 Å². The Morgan fingerprint density at radius 3 is 2.90 bits per heavy atom. The fourth-order valence-corrected chi connectivity index (χ4v) is 3.83. The standard InChI is InChI=1S/C17H15BrN2O/c18-14-8-6-11(9-19-14)20-17(21)16-13-7-5-10-3-1-2-4-12(10)15(13)16/h1-4,6,8-9,13,15-16H,5,7H2,(H,20,21). The Bertz CT molecular complexity index is 698. The molecule has 1 aromatic carbocycles. The summed E-state index contributed by atoms with van der Waals surface area (Å²) in [5, 5.41) is 3.00. The molecule has 2 aromatic rings. The molecule has 3 unspecified atom stereocenters. The molecule has 3 nitrogen and oxygen atoms in total. The van der Waals surface area contributed by atoms with Crippen LogP contribution < -0.4 is 5.32 Å². The van der Waals surface area contributed by atoms with Crippen molar-refractivity contribution in [3.8, 4) is 0 Å². The molecule has 0 aliphatic heterocycles. The summed E-state index contributed by atoms with van der Waals surface area (Å²) < 4.78 is 0.773. The Balaban J connectivity index is 1.52. The van der Waals surface area contributed by atoms with Crippen LogP contribution in [-0.2, 0) is 11.2 Å². The van der Waals surface area contributed by atoms with Gasteiger partial charge in [0.05, 0.1) is 11.9 Å². The van der Waals surface area contributed by atoms with Crippen LogP contribution in [0.2, 0.25) is 0 Å². The van der Waals surface area contributed by atoms with Gasteiger partial charge in [-0.3, -0.25) is 4.79 Å². The van der Waals surface area contributed by atoms with Crippen molar-refractivity contribution in [2.75, 3.05) is 5.32 Å². The van der Waals surface area contributed by atoms with Gasteiger partial charge in [-0.1, -0.05) is 24.3 Å². The van der Waals surface area contributed by atoms with Crippen LogP contribution in [0.1, 0.15) is 23.5 Å². The van der Waals surface area contributed by atoms with Crippen molar-refractivity contribution >= 4 is 27.5 Å². The Morgan fingerprint density at radius 2 is 2.10 bits per heavy atom. The van der Waals surface area contributed by atoms with E-state index in [-0.39, 0.29) is 11.8 Å². The number of anilines is 1. The first kappa shape index (κ1) is 13.0. The van der Waals surface area contributed by atoms with Crippen LogP contribution in [0.5, 0.6) is 0 Å². The van der Waals surface area contributed by atoms with Crippen molar-refractivity contribution in [3.63, 3.8) is 0 Å². The van der Waals surface area contributed by atoms with E-state index in [1.54, 1.807) is 6.20 Å². The number of rotatable bonds is 2. The van der Waals surface area contributed by atoms with E-state index in [9.17, 15) is 4.79 Å². The molecule has 1 heterocycles. The summed E-state index contributed by atoms with van der Waals surface area (Å²) in [7, 11) is 0. The summed E-state index contributed by atoms with van der Waals surface area (Å²) >= 11 is 3.30. The monoisotopic (exact) mass is 342 g/mol. The van der Waals surface area contributed by atoms with Gasteiger partial charge in [-0.05, 0) is 63.9 Å². The SMILES string of the molecule is O=C(Nc1ccc(Br)nc1)C1C2CCc3ccccc3C21. The summed E-state index contributed by atoms with van der Waals surface area (Å²) in [6, 6.07) is 12.2. The molecule has 1 N–H and O–H groups in total. The molecule has 4 rings (SSSR count). The van der Waals surface area contributed by atoms with Crippen molar-refractivity contribution in [3.05, 3.63) is 58.3 Å². The number of nitrogens with one attached hydrogen (secondary N) is 1. The predicted octanol–water partition coefficient (Wildman–Crippen LogP) is 3.76. The molecule has 1 amide bonds. The maximum atomic E-state index is 12.5. The van der Waals surface area contributed by atoms with Crippen LogP contribution in [0, 0.1) is 11.8 Å². The number of nitrogens with zero attached hydrogens (tertiary/aromatic N) is 1. The highest BCUT2D eigenvalue weighted by Crippen LogP contribution is 2.60. The number of halogens is 1. The molecule has 1 saturated carbocycles. The second-order valence-electron chi connectivity index (χ2n) is 5.81. The Morgan fingerprint density at radius 1 is 1.24 bits per heavy atom. The van der Waals surface area contributed by atoms with Crippen molar-refractivity contribution < 1.29 is 4.79 Å². The van der Waals surface area contributed by atoms with E-state index in [2.05, 4.69) is 50.5 Å². The van der Waals surface area contributed by atoms with E-state index >= 15 is 0 Å². The number of amides is 1. The average molecular weight is 343 g/mol. The smallest absolute Gasteiger partial charge is 0.228 e. The highest BCUT2D eigenvalue weighted by molar-refractivity contribution is 9.10. The van der Waals surface area contributed by atoms with Crippen LogP contribution in [0.15, 0.2) is 47.2 Å². The lowest BCUT2D eigenvalue weighted by Gasteiger charge is -2.13. The molecule has 0 spiro atoms. The largest absolute Gasteiger partial charge is 0.324 e. The van der Waals surface area contributed by atoms with Crippen LogP contribution in [0.3, 0.4) is 0 Å². The van der Waals surface area contributed by atoms with Crippen LogP contribution in [-0.4, -0.2) is 10.9 Å². The molecular formula is C17H15BrN2O. The lowest BCUT2D eigenvalue weighted by molar-refractivity contribution is -0.117. The summed E-state index contributed by atoms with van der Waals surface area (Å²) in [5.41, 5.74) is 3.56. The molecule has 21 heavy (non-hydrogen) atoms. The first-order valence-electron chi connectivity index (χ1n) is 7.24. The lowest BCUT2D eigenvalue weighted by Crippen LogP contribution is -2.15. The van der Waals surface area contributed by atoms with Gasteiger partial charge in [0.25, 0.3) is 0 Å². The van der Waals surface area contributed by atoms with E-state index in [1.807, 2.05) is 12.1 Å². The second-order valence-corrected chi connectivity index (χ2v) is 6.62. The maximum absolute atomic E-state index is 12.5. The van der Waals surface area contributed by atoms with Crippen LogP contribution >= 0.6 is 15.9 Å². The molecular weight excluding hydrogens is 328 g/mol. The van der Waals surface area contributed by atoms with Crippen molar-refractivity contribution in [2.45, 2.75) is 18.8 Å². The number of carbonyl (C=O) groups excluding carboxylic acids is 1. The first-order chi connectivity index (χ1) is 10.2. The zero-order valence-electron chi connectivity index (χ0n) is 11.4. The minimum Gasteiger partial charge on any atom is -0.324 e. The van der Waals surface area contributed by atoms with Gasteiger partial charge in [-0.15, -0.1) is 0 Å². The molecule has 4 heteroatoms. The average Bonchev–Trinajstić information content (AvgIpc) is 3.25. The quantitative estimate of drug-likeness (QED) is 0.844. The molecule has 2 aliphatic carbocycles. The first-order valence-corrected chi connectivity index (χ1v) is 8.03. The highest BCUT2D eigenvalue weighted by atomic mass is 79.9. The van der Waals surface area contributed by atoms with E-state index in [4.69, 9.17) is 0 Å². The Labute approximate surface area is 131 Å². The molecule has 1 aromatic heterocycles. The molecule has 106 valence electrons. The Hall–Kier alpha value is -1.68. The van der Waals surface area contributed by atoms with E-state index in [1.165, 1.54) is 11.1 Å². The molecule has 0 bridgehead atoms. The third-order valence-corrected chi connectivity index (χ3v) is 5.10. The summed E-state index contributed by atoms with van der Waals surface area (Å²) in [4.78, 5) is 16.6. The number of pyridine rings is 1. The number of hydrogen-bond donors (Lipinski definition) is 1. The molecule has 3 atom stereocenters. The van der Waals surface area contributed by atoms with Gasteiger partial charge in [0.15, 0.2) is 0 Å². The van der Waals surface area contributed by atoms with Crippen LogP contribution in [0.25, 0.3) is 0 Å². The van der Waals surface area contributed by atoms with Gasteiger partial charge in [0.2, 0.25) is 5.91 Å². The molecule has 0 radical (unpaired) electrons. The zero-order valence-corrected chi connectivity index (χ0v) is 13.0. The molecule has 0 saturated heterocycles. The van der Waals surface area contributed by atoms with E-state index in [0.29, 0.717) is 11.8 Å². The fraction of sp³-hybridized carbons (Fsp3) is 0.294. The van der Waals surface area contributed by atoms with Crippen molar-refractivity contribution in [1.29, 1.82) is 0 Å². The number of fused-ring (bicyclic) bond motifs is 3. The summed E-state index contributed by atoms with van der Waals surface area (Å²) in [5.74, 6) is 1.18. The summed E-state index contributed by atoms with van der Waals surface area (Å²) in [6.45, 7) is 0. The minimum absolute atomic E-state index is 0.122. The van der Waals surface area contributed by atoms with Gasteiger partial charge < -0.3 is 5.32 Å². The van der Waals surface area contributed by atoms with E-state index in [0.717, 1.165) is 23.1 Å². The Kier molecular flexibility index (Phi) is 3.07. The lowest BCUT2D eigenvalue weighted by atomic mass is 9.92. The third-order valence-electron chi connectivity index (χ3n) is 4.63. The van der Waals surface area contributed by atoms with Gasteiger partial charge >= 0.3 is 0 Å². The number of carbonyl (C=O) groups is 1. The molecule has 2 aliphatic rings. The number of benzene rings is 1. The maximum Gasteiger partial charge on any atom is 0.228 e. The fourth-order valence-electron chi connectivity index (χ4n) is 3.60. The van der Waals surface area contributed by atoms with Gasteiger partial charge in [-0.2, -0.15) is 0 Å². The van der Waals surface area contributed by atoms with Gasteiger partial charge in [0, 0.05) is 5.92 Å². The van der Waals surface area contributed by atoms with Crippen molar-refractivity contribution in [2.24, 2.45) is 11.8 Å². The molecule has 1 fully saturated rings. The second kappa shape index (κ2) is 4.95. The van der Waals surface area contributed by atoms with Crippen molar-refractivity contribution in [1.82, 2.24) is 4.98 Å². The highest BCUT2D eigenvalue weighted by Gasteiger charge is 2.56. The normalized spacial score (nSPS) is 25.7. The predicted molar refractivity (Wildman–Crippen MR) is 85.1 cm³/mol. The number of hydrogen-bond acceptors (Lipinski definition) is 2. The number of aryl methyl sites for hydroxylation is 1. The third kappa shape index (κ3) is 2.27. The number of aromatic nitrogens is 1. The minimum atomic E-state index is 0.122. The summed E-state index contributed by atoms with van der Waals surface area (Å²) in [6.07, 6.45) is 3.90. The zero-order chi connectivity index (χ0) is 14.4. The topological polar surface area (TPSA) is 42.0 Å².